The number of hydrogen-bond donors (Lipinski definition) is 0. The van der Waals surface area contributed by atoms with Gasteiger partial charge < -0.3 is 14.2 Å². The average Bonchev–Trinajstić information content (AvgIpc) is 3.14. The van der Waals surface area contributed by atoms with Crippen LogP contribution in [0.5, 0.6) is 5.75 Å². The SMILES string of the molecule is COC(=O)c1c(-c2ccc(OC(F)(F)F)c(I)c2)nn(-c2ccccc2)c1C(=O)OC. The van der Waals surface area contributed by atoms with Gasteiger partial charge in [-0.25, -0.2) is 14.3 Å². The third-order valence-corrected chi connectivity index (χ3v) is 4.93. The topological polar surface area (TPSA) is 79.7 Å². The second-order valence-corrected chi connectivity index (χ2v) is 7.16. The van der Waals surface area contributed by atoms with Gasteiger partial charge in [0.25, 0.3) is 0 Å². The normalized spacial score (nSPS) is 11.2. The molecular weight excluding hydrogens is 532 g/mol. The lowest BCUT2D eigenvalue weighted by atomic mass is 10.1. The smallest absolute Gasteiger partial charge is 0.465 e. The monoisotopic (exact) mass is 546 g/mol. The molecule has 0 saturated heterocycles. The Morgan fingerprint density at radius 3 is 2.19 bits per heavy atom. The second-order valence-electron chi connectivity index (χ2n) is 6.00. The van der Waals surface area contributed by atoms with Crippen molar-refractivity contribution in [3.05, 3.63) is 63.4 Å². The summed E-state index contributed by atoms with van der Waals surface area (Å²) in [6, 6.07) is 12.3. The Bertz CT molecular complexity index is 1130. The van der Waals surface area contributed by atoms with E-state index in [0.29, 0.717) is 5.69 Å². The number of ether oxygens (including phenoxy) is 3. The number of esters is 2. The van der Waals surface area contributed by atoms with E-state index in [1.807, 2.05) is 0 Å². The molecule has 0 unspecified atom stereocenters. The number of hydrogen-bond acceptors (Lipinski definition) is 6. The van der Waals surface area contributed by atoms with Gasteiger partial charge in [0.05, 0.1) is 23.5 Å². The molecule has 162 valence electrons. The standard InChI is InChI=1S/C20H14F3IN2O5/c1-29-18(27)15-16(11-8-9-14(13(24)10-11)31-20(21,22)23)25-26(17(15)19(28)30-2)12-6-4-3-5-7-12/h3-10H,1-2H3. The summed E-state index contributed by atoms with van der Waals surface area (Å²) in [4.78, 5) is 25.1. The molecule has 0 N–H and O–H groups in total. The van der Waals surface area contributed by atoms with Crippen LogP contribution in [-0.2, 0) is 9.47 Å². The zero-order valence-electron chi connectivity index (χ0n) is 16.1. The zero-order chi connectivity index (χ0) is 22.8. The van der Waals surface area contributed by atoms with E-state index in [1.165, 1.54) is 16.8 Å². The highest BCUT2D eigenvalue weighted by Crippen LogP contribution is 2.34. The summed E-state index contributed by atoms with van der Waals surface area (Å²) in [6.07, 6.45) is -4.86. The van der Waals surface area contributed by atoms with Crippen LogP contribution >= 0.6 is 22.6 Å². The number of alkyl halides is 3. The molecule has 0 aliphatic rings. The van der Waals surface area contributed by atoms with Crippen LogP contribution in [0.25, 0.3) is 16.9 Å². The molecule has 31 heavy (non-hydrogen) atoms. The van der Waals surface area contributed by atoms with Crippen LogP contribution in [-0.4, -0.2) is 42.3 Å². The molecule has 0 fully saturated rings. The Balaban J connectivity index is 2.25. The third kappa shape index (κ3) is 4.81. The number of rotatable bonds is 5. The molecule has 1 heterocycles. The molecule has 11 heteroatoms. The maximum Gasteiger partial charge on any atom is 0.573 e. The van der Waals surface area contributed by atoms with Crippen molar-refractivity contribution in [2.24, 2.45) is 0 Å². The highest BCUT2D eigenvalue weighted by Gasteiger charge is 2.33. The van der Waals surface area contributed by atoms with E-state index >= 15 is 0 Å². The molecular formula is C20H14F3IN2O5. The maximum atomic E-state index is 12.6. The van der Waals surface area contributed by atoms with Crippen molar-refractivity contribution in [1.29, 1.82) is 0 Å². The summed E-state index contributed by atoms with van der Waals surface area (Å²) in [5, 5.41) is 4.38. The highest BCUT2D eigenvalue weighted by atomic mass is 127. The van der Waals surface area contributed by atoms with Gasteiger partial charge in [-0.3, -0.25) is 0 Å². The molecule has 2 aromatic carbocycles. The fourth-order valence-corrected chi connectivity index (χ4v) is 3.44. The minimum absolute atomic E-state index is 0.0348. The number of aromatic nitrogens is 2. The van der Waals surface area contributed by atoms with Crippen molar-refractivity contribution in [3.63, 3.8) is 0 Å². The van der Waals surface area contributed by atoms with Crippen molar-refractivity contribution >= 4 is 34.5 Å². The average molecular weight is 546 g/mol. The molecule has 0 saturated carbocycles. The first kappa shape index (κ1) is 22.6. The van der Waals surface area contributed by atoms with Crippen LogP contribution in [0.3, 0.4) is 0 Å². The number of benzene rings is 2. The summed E-state index contributed by atoms with van der Waals surface area (Å²) in [5.74, 6) is -2.11. The highest BCUT2D eigenvalue weighted by molar-refractivity contribution is 14.1. The van der Waals surface area contributed by atoms with Crippen LogP contribution in [0.15, 0.2) is 48.5 Å². The summed E-state index contributed by atoms with van der Waals surface area (Å²) in [5.41, 5.74) is 0.414. The first-order valence-electron chi connectivity index (χ1n) is 8.57. The van der Waals surface area contributed by atoms with Crippen molar-refractivity contribution in [2.45, 2.75) is 6.36 Å². The summed E-state index contributed by atoms with van der Waals surface area (Å²) in [6.45, 7) is 0. The van der Waals surface area contributed by atoms with Crippen LogP contribution in [0.1, 0.15) is 20.8 Å². The lowest BCUT2D eigenvalue weighted by Gasteiger charge is -2.11. The lowest BCUT2D eigenvalue weighted by Crippen LogP contribution is -2.17. The number of carbonyl (C=O) groups is 2. The van der Waals surface area contributed by atoms with Gasteiger partial charge >= 0.3 is 18.3 Å². The number of nitrogens with zero attached hydrogens (tertiary/aromatic N) is 2. The fraction of sp³-hybridized carbons (Fsp3) is 0.150. The van der Waals surface area contributed by atoms with Crippen molar-refractivity contribution < 1.29 is 37.0 Å². The molecule has 0 aliphatic heterocycles. The van der Waals surface area contributed by atoms with Gasteiger partial charge in [0.1, 0.15) is 17.0 Å². The molecule has 0 spiro atoms. The van der Waals surface area contributed by atoms with Crippen molar-refractivity contribution in [2.75, 3.05) is 14.2 Å². The Kier molecular flexibility index (Phi) is 6.53. The van der Waals surface area contributed by atoms with Crippen molar-refractivity contribution in [1.82, 2.24) is 9.78 Å². The summed E-state index contributed by atoms with van der Waals surface area (Å²) < 4.78 is 52.7. The van der Waals surface area contributed by atoms with E-state index in [1.54, 1.807) is 52.9 Å². The van der Waals surface area contributed by atoms with E-state index in [4.69, 9.17) is 9.47 Å². The van der Waals surface area contributed by atoms with E-state index in [-0.39, 0.29) is 26.1 Å². The number of para-hydroxylation sites is 1. The number of halogens is 4. The molecule has 0 radical (unpaired) electrons. The van der Waals surface area contributed by atoms with Crippen LogP contribution in [0, 0.1) is 3.57 Å². The summed E-state index contributed by atoms with van der Waals surface area (Å²) in [7, 11) is 2.29. The molecule has 1 aromatic heterocycles. The fourth-order valence-electron chi connectivity index (χ4n) is 2.81. The molecule has 0 amide bonds. The predicted octanol–water partition coefficient (Wildman–Crippen LogP) is 4.62. The lowest BCUT2D eigenvalue weighted by molar-refractivity contribution is -0.274. The summed E-state index contributed by atoms with van der Waals surface area (Å²) >= 11 is 1.67. The van der Waals surface area contributed by atoms with Gasteiger partial charge in [-0.1, -0.05) is 18.2 Å². The maximum absolute atomic E-state index is 12.6. The third-order valence-electron chi connectivity index (χ3n) is 4.09. The van der Waals surface area contributed by atoms with E-state index in [2.05, 4.69) is 9.84 Å². The van der Waals surface area contributed by atoms with Crippen molar-refractivity contribution in [3.8, 4) is 22.7 Å². The Morgan fingerprint density at radius 1 is 1.00 bits per heavy atom. The predicted molar refractivity (Wildman–Crippen MR) is 111 cm³/mol. The largest absolute Gasteiger partial charge is 0.573 e. The Hall–Kier alpha value is -3.09. The quantitative estimate of drug-likeness (QED) is 0.344. The van der Waals surface area contributed by atoms with E-state index < -0.39 is 24.1 Å². The zero-order valence-corrected chi connectivity index (χ0v) is 18.2. The minimum Gasteiger partial charge on any atom is -0.465 e. The first-order valence-corrected chi connectivity index (χ1v) is 9.65. The van der Waals surface area contributed by atoms with Gasteiger partial charge in [0.2, 0.25) is 0 Å². The van der Waals surface area contributed by atoms with E-state index in [0.717, 1.165) is 20.3 Å². The Labute approximate surface area is 187 Å². The molecule has 3 rings (SSSR count). The van der Waals surface area contributed by atoms with Gasteiger partial charge in [0, 0.05) is 5.56 Å². The van der Waals surface area contributed by atoms with Gasteiger partial charge in [-0.05, 0) is 52.9 Å². The number of carbonyl (C=O) groups excluding carboxylic acids is 2. The molecule has 3 aromatic rings. The van der Waals surface area contributed by atoms with Gasteiger partial charge in [0.15, 0.2) is 5.69 Å². The Morgan fingerprint density at radius 2 is 1.65 bits per heavy atom. The van der Waals surface area contributed by atoms with Crippen LogP contribution in [0.4, 0.5) is 13.2 Å². The first-order chi connectivity index (χ1) is 14.7. The van der Waals surface area contributed by atoms with Crippen LogP contribution < -0.4 is 4.74 Å². The van der Waals surface area contributed by atoms with Gasteiger partial charge in [-0.15, -0.1) is 13.2 Å². The number of methoxy groups -OCH3 is 2. The van der Waals surface area contributed by atoms with E-state index in [9.17, 15) is 22.8 Å². The molecule has 0 atom stereocenters. The molecule has 0 bridgehead atoms. The second kappa shape index (κ2) is 8.96. The molecule has 7 nitrogen and oxygen atoms in total. The van der Waals surface area contributed by atoms with Crippen LogP contribution in [0.2, 0.25) is 0 Å². The molecule has 0 aliphatic carbocycles. The minimum atomic E-state index is -4.86. The van der Waals surface area contributed by atoms with Gasteiger partial charge in [-0.2, -0.15) is 5.10 Å².